The zero-order valence-electron chi connectivity index (χ0n) is 22.1. The van der Waals surface area contributed by atoms with Gasteiger partial charge >= 0.3 is 0 Å². The maximum atomic E-state index is 15.1. The molecule has 0 spiro atoms. The minimum absolute atomic E-state index is 0.0166. The molecule has 2 atom stereocenters. The second kappa shape index (κ2) is 9.85. The van der Waals surface area contributed by atoms with Gasteiger partial charge in [-0.3, -0.25) is 4.79 Å². The van der Waals surface area contributed by atoms with Gasteiger partial charge in [-0.2, -0.15) is 5.10 Å². The van der Waals surface area contributed by atoms with Crippen molar-refractivity contribution in [3.05, 3.63) is 54.3 Å². The third-order valence-electron chi connectivity index (χ3n) is 6.64. The van der Waals surface area contributed by atoms with Gasteiger partial charge in [-0.25, -0.2) is 28.4 Å². The van der Waals surface area contributed by atoms with E-state index in [0.717, 1.165) is 0 Å². The lowest BCUT2D eigenvalue weighted by Crippen LogP contribution is -2.42. The molecule has 1 aromatic carbocycles. The number of imidazole rings is 1. The smallest absolute Gasteiger partial charge is 0.246 e. The van der Waals surface area contributed by atoms with Crippen LogP contribution in [0.15, 0.2) is 31.4 Å². The molecule has 0 radical (unpaired) electrons. The number of fused-ring (bicyclic) bond motifs is 2. The molecule has 5 rings (SSSR count). The molecule has 3 aromatic heterocycles. The number of ether oxygens (including phenoxy) is 1. The van der Waals surface area contributed by atoms with Gasteiger partial charge in [0.05, 0.1) is 41.5 Å². The Morgan fingerprint density at radius 3 is 2.79 bits per heavy atom. The Hall–Kier alpha value is -4.18. The molecular weight excluding hydrogens is 503 g/mol. The Bertz CT molecular complexity index is 1690. The van der Waals surface area contributed by atoms with Gasteiger partial charge in [0.1, 0.15) is 52.7 Å². The normalized spacial score (nSPS) is 17.5. The largest absolute Gasteiger partial charge is 0.399 e. The molecule has 1 saturated heterocycles. The molecule has 1 fully saturated rings. The fourth-order valence-corrected chi connectivity index (χ4v) is 4.73. The lowest BCUT2D eigenvalue weighted by Gasteiger charge is -2.27. The Balaban J connectivity index is 1.55. The van der Waals surface area contributed by atoms with Gasteiger partial charge in [-0.1, -0.05) is 12.5 Å². The predicted molar refractivity (Wildman–Crippen MR) is 150 cm³/mol. The van der Waals surface area contributed by atoms with Crippen molar-refractivity contribution in [1.29, 1.82) is 0 Å². The summed E-state index contributed by atoms with van der Waals surface area (Å²) < 4.78 is 39.1. The minimum Gasteiger partial charge on any atom is -0.399 e. The van der Waals surface area contributed by atoms with Crippen molar-refractivity contribution in [3.63, 3.8) is 0 Å². The van der Waals surface area contributed by atoms with Crippen molar-refractivity contribution in [1.82, 2.24) is 34.2 Å². The summed E-state index contributed by atoms with van der Waals surface area (Å²) in [6.07, 6.45) is 4.51. The molecule has 39 heavy (non-hydrogen) atoms. The maximum Gasteiger partial charge on any atom is 0.246 e. The number of likely N-dealkylation sites (tertiary alicyclic amines) is 1. The summed E-state index contributed by atoms with van der Waals surface area (Å²) in [4.78, 5) is 26.8. The van der Waals surface area contributed by atoms with Crippen LogP contribution in [0, 0.1) is 23.5 Å². The van der Waals surface area contributed by atoms with E-state index in [1.54, 1.807) is 16.6 Å². The third-order valence-corrected chi connectivity index (χ3v) is 6.64. The molecule has 0 saturated carbocycles. The van der Waals surface area contributed by atoms with Gasteiger partial charge < -0.3 is 19.9 Å². The van der Waals surface area contributed by atoms with Crippen LogP contribution in [0.1, 0.15) is 23.7 Å². The van der Waals surface area contributed by atoms with Crippen molar-refractivity contribution >= 4 is 57.3 Å². The number of benzene rings is 1. The number of nitrogen functional groups attached to an aromatic ring is 1. The summed E-state index contributed by atoms with van der Waals surface area (Å²) in [6, 6.07) is 0.682. The van der Waals surface area contributed by atoms with Crippen LogP contribution in [0.2, 0.25) is 0 Å². The summed E-state index contributed by atoms with van der Waals surface area (Å²) in [7, 11) is 7.49. The van der Waals surface area contributed by atoms with Crippen LogP contribution >= 0.6 is 0 Å². The molecule has 1 aliphatic rings. The van der Waals surface area contributed by atoms with E-state index in [4.69, 9.17) is 10.5 Å². The van der Waals surface area contributed by atoms with E-state index < -0.39 is 17.2 Å². The lowest BCUT2D eigenvalue weighted by atomic mass is 9.52. The zero-order chi connectivity index (χ0) is 28.1. The number of carbonyl (C=O) groups excluding carboxylic acids is 1. The fourth-order valence-electron chi connectivity index (χ4n) is 4.73. The zero-order valence-corrected chi connectivity index (χ0v) is 22.1. The van der Waals surface area contributed by atoms with E-state index in [-0.39, 0.29) is 40.3 Å². The first-order valence-corrected chi connectivity index (χ1v) is 12.3. The Kier molecular flexibility index (Phi) is 6.68. The lowest BCUT2D eigenvalue weighted by molar-refractivity contribution is -0.128. The van der Waals surface area contributed by atoms with Gasteiger partial charge in [-0.05, 0) is 23.7 Å². The van der Waals surface area contributed by atoms with E-state index in [1.165, 1.54) is 29.4 Å². The number of hydrogen-bond donors (Lipinski definition) is 1. The van der Waals surface area contributed by atoms with Crippen LogP contribution in [0.25, 0.3) is 22.1 Å². The molecule has 4 heterocycles. The van der Waals surface area contributed by atoms with Crippen molar-refractivity contribution in [2.24, 2.45) is 7.05 Å². The average Bonchev–Trinajstić information content (AvgIpc) is 3.58. The van der Waals surface area contributed by atoms with Crippen molar-refractivity contribution in [2.45, 2.75) is 23.8 Å². The highest BCUT2D eigenvalue weighted by atomic mass is 19.1. The predicted octanol–water partition coefficient (Wildman–Crippen LogP) is -1.17. The summed E-state index contributed by atoms with van der Waals surface area (Å²) in [6.45, 7) is 4.28. The Labute approximate surface area is 225 Å². The number of hydrogen-bond acceptors (Lipinski definition) is 7. The number of halogens is 2. The molecule has 1 amide bonds. The first-order chi connectivity index (χ1) is 18.5. The van der Waals surface area contributed by atoms with Crippen LogP contribution in [-0.2, 0) is 16.6 Å². The number of amides is 1. The van der Waals surface area contributed by atoms with E-state index >= 15 is 4.39 Å². The molecule has 2 N–H and O–H groups in total. The van der Waals surface area contributed by atoms with E-state index in [1.807, 2.05) is 23.5 Å². The Morgan fingerprint density at radius 1 is 1.31 bits per heavy atom. The molecule has 10 nitrogen and oxygen atoms in total. The number of nitrogens with zero attached hydrogens (tertiary/aromatic N) is 7. The van der Waals surface area contributed by atoms with E-state index in [9.17, 15) is 9.18 Å². The SMILES string of the molecule is BC(B)(B)OC[C@H]1C[C@H](n2nc(C#Cc3c(F)cc4c(ncn4C)c3F)c3c(N)ncnc32)CN1C(=O)C=C. The standard InChI is InChI=1S/C24H25B3F2N8O2/c1-3-18(38)36-8-12(6-13(36)9-39-24(25,26)27)37-23-19(22(30)31-10-32-23)16(34-37)5-4-14-15(28)7-17-21(20(14)29)33-11-35(17)2/h3,7,10-13H,1,6,8-9,25-27H2,2H3,(H2,30,31,32)/t12-,13+/m0/s1. The first kappa shape index (κ1) is 26.4. The number of aromatic nitrogens is 6. The summed E-state index contributed by atoms with van der Waals surface area (Å²) in [5.74, 6) is 3.56. The Morgan fingerprint density at radius 2 is 2.08 bits per heavy atom. The number of aryl methyl sites for hydroxylation is 1. The monoisotopic (exact) mass is 528 g/mol. The van der Waals surface area contributed by atoms with Crippen molar-refractivity contribution < 1.29 is 18.3 Å². The quantitative estimate of drug-likeness (QED) is 0.197. The average molecular weight is 528 g/mol. The van der Waals surface area contributed by atoms with Crippen molar-refractivity contribution in [2.75, 3.05) is 18.9 Å². The summed E-state index contributed by atoms with van der Waals surface area (Å²) in [5.41, 5.74) is 6.63. The first-order valence-electron chi connectivity index (χ1n) is 12.3. The third kappa shape index (κ3) is 4.88. The van der Waals surface area contributed by atoms with Gasteiger partial charge in [0.25, 0.3) is 0 Å². The van der Waals surface area contributed by atoms with Gasteiger partial charge in [0.15, 0.2) is 11.5 Å². The highest BCUT2D eigenvalue weighted by Gasteiger charge is 2.37. The summed E-state index contributed by atoms with van der Waals surface area (Å²) >= 11 is 0. The van der Waals surface area contributed by atoms with Crippen molar-refractivity contribution in [3.8, 4) is 11.8 Å². The summed E-state index contributed by atoms with van der Waals surface area (Å²) in [5, 5.41) is 4.61. The highest BCUT2D eigenvalue weighted by molar-refractivity contribution is 6.58. The minimum atomic E-state index is -0.859. The van der Waals surface area contributed by atoms with Crippen LogP contribution in [0.4, 0.5) is 14.6 Å². The molecule has 0 bridgehead atoms. The van der Waals surface area contributed by atoms with Crippen LogP contribution in [-0.4, -0.2) is 88.1 Å². The van der Waals surface area contributed by atoms with E-state index in [0.29, 0.717) is 36.1 Å². The second-order valence-corrected chi connectivity index (χ2v) is 10.4. The second-order valence-electron chi connectivity index (χ2n) is 10.4. The molecule has 1 aliphatic heterocycles. The van der Waals surface area contributed by atoms with Gasteiger partial charge in [0.2, 0.25) is 5.91 Å². The molecule has 0 aliphatic carbocycles. The van der Waals surface area contributed by atoms with Gasteiger partial charge in [-0.15, -0.1) is 0 Å². The van der Waals surface area contributed by atoms with Crippen LogP contribution < -0.4 is 5.73 Å². The van der Waals surface area contributed by atoms with Gasteiger partial charge in [0, 0.05) is 19.7 Å². The molecule has 0 unspecified atom stereocenters. The highest BCUT2D eigenvalue weighted by Crippen LogP contribution is 2.32. The number of anilines is 1. The number of nitrogens with two attached hydrogens (primary N) is 1. The topological polar surface area (TPSA) is 117 Å². The maximum absolute atomic E-state index is 15.1. The van der Waals surface area contributed by atoms with Crippen LogP contribution in [0.5, 0.6) is 0 Å². The number of rotatable bonds is 5. The molecule has 196 valence electrons. The molecular formula is C24H25B3F2N8O2. The number of carbonyl (C=O) groups is 1. The molecule has 4 aromatic rings. The molecule has 15 heteroatoms. The van der Waals surface area contributed by atoms with E-state index in [2.05, 4.69) is 38.5 Å². The van der Waals surface area contributed by atoms with Crippen LogP contribution in [0.3, 0.4) is 0 Å². The fraction of sp³-hybridized carbons (Fsp3) is 0.292.